The van der Waals surface area contributed by atoms with Crippen molar-refractivity contribution in [1.29, 1.82) is 0 Å². The van der Waals surface area contributed by atoms with E-state index in [1.54, 1.807) is 26.1 Å². The number of amides is 1. The molecule has 0 aliphatic rings. The van der Waals surface area contributed by atoms with E-state index < -0.39 is 0 Å². The number of ether oxygens (including phenoxy) is 1. The minimum absolute atomic E-state index is 0.0821. The Morgan fingerprint density at radius 2 is 2.05 bits per heavy atom. The number of carbonyl (C=O) groups excluding carboxylic acids is 1. The number of hydrogen-bond acceptors (Lipinski definition) is 4. The molecule has 118 valence electrons. The Bertz CT molecular complexity index is 466. The van der Waals surface area contributed by atoms with Crippen LogP contribution in [0, 0.1) is 0 Å². The van der Waals surface area contributed by atoms with Crippen molar-refractivity contribution in [2.75, 3.05) is 52.8 Å². The molecule has 1 amide bonds. The minimum atomic E-state index is 0.0821. The number of benzene rings is 1. The first-order valence-electron chi connectivity index (χ1n) is 6.85. The summed E-state index contributed by atoms with van der Waals surface area (Å²) in [4.78, 5) is 15.4. The Kier molecular flexibility index (Phi) is 7.71. The molecule has 6 heteroatoms. The molecule has 1 N–H and O–H groups in total. The molecule has 0 aliphatic carbocycles. The first-order chi connectivity index (χ1) is 9.95. The molecule has 0 atom stereocenters. The Labute approximate surface area is 135 Å². The number of carbonyl (C=O) groups is 1. The van der Waals surface area contributed by atoms with Crippen LogP contribution in [0.5, 0.6) is 0 Å². The minimum Gasteiger partial charge on any atom is -0.383 e. The van der Waals surface area contributed by atoms with Crippen molar-refractivity contribution in [3.8, 4) is 0 Å². The van der Waals surface area contributed by atoms with Crippen LogP contribution in [0.25, 0.3) is 0 Å². The van der Waals surface area contributed by atoms with Crippen LogP contribution < -0.4 is 10.2 Å². The summed E-state index contributed by atoms with van der Waals surface area (Å²) < 4.78 is 6.06. The van der Waals surface area contributed by atoms with E-state index in [4.69, 9.17) is 4.74 Å². The van der Waals surface area contributed by atoms with Crippen LogP contribution in [0.2, 0.25) is 0 Å². The van der Waals surface area contributed by atoms with Crippen molar-refractivity contribution in [2.24, 2.45) is 0 Å². The maximum Gasteiger partial charge on any atom is 0.241 e. The highest BCUT2D eigenvalue weighted by atomic mass is 79.9. The largest absolute Gasteiger partial charge is 0.383 e. The highest BCUT2D eigenvalue weighted by Crippen LogP contribution is 2.23. The third-order valence-electron chi connectivity index (χ3n) is 3.12. The van der Waals surface area contributed by atoms with E-state index in [-0.39, 0.29) is 5.91 Å². The summed E-state index contributed by atoms with van der Waals surface area (Å²) in [6, 6.07) is 6.09. The number of methoxy groups -OCH3 is 1. The lowest BCUT2D eigenvalue weighted by Gasteiger charge is -2.24. The summed E-state index contributed by atoms with van der Waals surface area (Å²) in [5.41, 5.74) is 2.20. The van der Waals surface area contributed by atoms with Gasteiger partial charge in [0.2, 0.25) is 5.91 Å². The predicted octanol–water partition coefficient (Wildman–Crippen LogP) is 1.71. The van der Waals surface area contributed by atoms with Crippen LogP contribution in [0.1, 0.15) is 5.56 Å². The van der Waals surface area contributed by atoms with Gasteiger partial charge in [0.25, 0.3) is 0 Å². The second kappa shape index (κ2) is 9.02. The standard InChI is InChI=1S/C15H24BrN3O2/c1-18(2)15(20)11-19(3)14-6-5-13(16)9-12(14)10-17-7-8-21-4/h5-6,9,17H,7-8,10-11H2,1-4H3. The zero-order valence-electron chi connectivity index (χ0n) is 13.1. The van der Waals surface area contributed by atoms with Gasteiger partial charge in [-0.1, -0.05) is 15.9 Å². The Hall–Kier alpha value is -1.11. The number of likely N-dealkylation sites (N-methyl/N-ethyl adjacent to an activating group) is 2. The van der Waals surface area contributed by atoms with Gasteiger partial charge >= 0.3 is 0 Å². The third-order valence-corrected chi connectivity index (χ3v) is 3.62. The van der Waals surface area contributed by atoms with E-state index in [2.05, 4.69) is 27.3 Å². The number of nitrogens with zero attached hydrogens (tertiary/aromatic N) is 2. The molecular formula is C15H24BrN3O2. The van der Waals surface area contributed by atoms with E-state index in [9.17, 15) is 4.79 Å². The van der Waals surface area contributed by atoms with Crippen LogP contribution in [0.3, 0.4) is 0 Å². The van der Waals surface area contributed by atoms with Crippen LogP contribution in [0.15, 0.2) is 22.7 Å². The van der Waals surface area contributed by atoms with Gasteiger partial charge in [-0.25, -0.2) is 0 Å². The number of hydrogen-bond donors (Lipinski definition) is 1. The normalized spacial score (nSPS) is 10.5. The van der Waals surface area contributed by atoms with Crippen molar-refractivity contribution in [2.45, 2.75) is 6.54 Å². The number of nitrogens with one attached hydrogen (secondary N) is 1. The van der Waals surface area contributed by atoms with Gasteiger partial charge in [-0.2, -0.15) is 0 Å². The molecule has 0 spiro atoms. The van der Waals surface area contributed by atoms with E-state index in [1.807, 2.05) is 24.1 Å². The molecule has 0 aromatic heterocycles. The van der Waals surface area contributed by atoms with Crippen molar-refractivity contribution >= 4 is 27.5 Å². The van der Waals surface area contributed by atoms with Gasteiger partial charge in [0.1, 0.15) is 0 Å². The second-order valence-corrected chi connectivity index (χ2v) is 6.00. The average molecular weight is 358 g/mol. The fourth-order valence-electron chi connectivity index (χ4n) is 1.89. The van der Waals surface area contributed by atoms with Crippen molar-refractivity contribution < 1.29 is 9.53 Å². The molecule has 21 heavy (non-hydrogen) atoms. The van der Waals surface area contributed by atoms with Crippen LogP contribution in [0.4, 0.5) is 5.69 Å². The van der Waals surface area contributed by atoms with Gasteiger partial charge in [0.15, 0.2) is 0 Å². The second-order valence-electron chi connectivity index (χ2n) is 5.09. The van der Waals surface area contributed by atoms with Gasteiger partial charge in [-0.15, -0.1) is 0 Å². The highest BCUT2D eigenvalue weighted by molar-refractivity contribution is 9.10. The summed E-state index contributed by atoms with van der Waals surface area (Å²) >= 11 is 3.50. The Balaban J connectivity index is 2.77. The summed E-state index contributed by atoms with van der Waals surface area (Å²) in [7, 11) is 7.16. The van der Waals surface area contributed by atoms with Gasteiger partial charge in [-0.3, -0.25) is 4.79 Å². The Morgan fingerprint density at radius 3 is 2.67 bits per heavy atom. The van der Waals surface area contributed by atoms with Crippen LogP contribution in [-0.2, 0) is 16.1 Å². The zero-order valence-corrected chi connectivity index (χ0v) is 14.7. The molecule has 0 saturated carbocycles. The lowest BCUT2D eigenvalue weighted by molar-refractivity contribution is -0.127. The molecule has 0 bridgehead atoms. The van der Waals surface area contributed by atoms with E-state index >= 15 is 0 Å². The summed E-state index contributed by atoms with van der Waals surface area (Å²) in [5, 5.41) is 3.33. The monoisotopic (exact) mass is 357 g/mol. The first kappa shape index (κ1) is 17.9. The number of rotatable bonds is 8. The van der Waals surface area contributed by atoms with Crippen LogP contribution >= 0.6 is 15.9 Å². The summed E-state index contributed by atoms with van der Waals surface area (Å²) in [6.45, 7) is 2.57. The van der Waals surface area contributed by atoms with Gasteiger partial charge in [-0.05, 0) is 23.8 Å². The lowest BCUT2D eigenvalue weighted by atomic mass is 10.1. The summed E-state index contributed by atoms with van der Waals surface area (Å²) in [5.74, 6) is 0.0821. The van der Waals surface area contributed by atoms with Gasteiger partial charge in [0, 0.05) is 51.5 Å². The molecule has 1 aromatic carbocycles. The molecule has 5 nitrogen and oxygen atoms in total. The predicted molar refractivity (Wildman–Crippen MR) is 89.7 cm³/mol. The van der Waals surface area contributed by atoms with Crippen molar-refractivity contribution in [3.63, 3.8) is 0 Å². The lowest BCUT2D eigenvalue weighted by Crippen LogP contribution is -2.35. The van der Waals surface area contributed by atoms with Gasteiger partial charge in [0.05, 0.1) is 13.2 Å². The summed E-state index contributed by atoms with van der Waals surface area (Å²) in [6.07, 6.45) is 0. The van der Waals surface area contributed by atoms with E-state index in [1.165, 1.54) is 0 Å². The molecule has 0 saturated heterocycles. The third kappa shape index (κ3) is 6.03. The first-order valence-corrected chi connectivity index (χ1v) is 7.64. The highest BCUT2D eigenvalue weighted by Gasteiger charge is 2.12. The van der Waals surface area contributed by atoms with Crippen molar-refractivity contribution in [1.82, 2.24) is 10.2 Å². The van der Waals surface area contributed by atoms with Gasteiger partial charge < -0.3 is 19.9 Å². The Morgan fingerprint density at radius 1 is 1.33 bits per heavy atom. The maximum atomic E-state index is 11.8. The van der Waals surface area contributed by atoms with Crippen molar-refractivity contribution in [3.05, 3.63) is 28.2 Å². The zero-order chi connectivity index (χ0) is 15.8. The molecule has 0 fully saturated rings. The molecule has 0 unspecified atom stereocenters. The molecule has 1 aromatic rings. The molecule has 0 radical (unpaired) electrons. The van der Waals surface area contributed by atoms with E-state index in [0.717, 1.165) is 28.8 Å². The smallest absolute Gasteiger partial charge is 0.241 e. The fourth-order valence-corrected chi connectivity index (χ4v) is 2.30. The number of anilines is 1. The van der Waals surface area contributed by atoms with E-state index in [0.29, 0.717) is 13.2 Å². The fraction of sp³-hybridized carbons (Fsp3) is 0.533. The SMILES string of the molecule is COCCNCc1cc(Br)ccc1N(C)CC(=O)N(C)C. The maximum absolute atomic E-state index is 11.8. The molecule has 1 rings (SSSR count). The number of halogens is 1. The quantitative estimate of drug-likeness (QED) is 0.719. The molecular weight excluding hydrogens is 334 g/mol. The molecule has 0 heterocycles. The topological polar surface area (TPSA) is 44.8 Å². The molecule has 0 aliphatic heterocycles. The van der Waals surface area contributed by atoms with Crippen LogP contribution in [-0.4, -0.2) is 58.8 Å². The average Bonchev–Trinajstić information content (AvgIpc) is 2.43.